The summed E-state index contributed by atoms with van der Waals surface area (Å²) in [4.78, 5) is 12.8. The van der Waals surface area contributed by atoms with Crippen LogP contribution < -0.4 is 10.6 Å². The van der Waals surface area contributed by atoms with Crippen molar-refractivity contribution in [3.05, 3.63) is 35.4 Å². The number of carbonyl (C=O) groups excluding carboxylic acids is 1. The lowest BCUT2D eigenvalue weighted by Crippen LogP contribution is -2.41. The molecule has 0 radical (unpaired) electrons. The second-order valence-corrected chi connectivity index (χ2v) is 8.90. The van der Waals surface area contributed by atoms with Gasteiger partial charge < -0.3 is 10.6 Å². The molecule has 2 heterocycles. The van der Waals surface area contributed by atoms with Crippen molar-refractivity contribution in [3.63, 3.8) is 0 Å². The summed E-state index contributed by atoms with van der Waals surface area (Å²) in [5.74, 6) is 0.755. The lowest BCUT2D eigenvalue weighted by molar-refractivity contribution is -0.123. The van der Waals surface area contributed by atoms with Gasteiger partial charge in [0.25, 0.3) is 0 Å². The maximum absolute atomic E-state index is 12.8. The van der Waals surface area contributed by atoms with E-state index in [1.807, 2.05) is 0 Å². The molecular weight excluding hydrogens is 296 g/mol. The van der Waals surface area contributed by atoms with Crippen LogP contribution in [0.3, 0.4) is 0 Å². The van der Waals surface area contributed by atoms with Crippen molar-refractivity contribution < 1.29 is 4.79 Å². The van der Waals surface area contributed by atoms with Gasteiger partial charge in [0.15, 0.2) is 0 Å². The van der Waals surface area contributed by atoms with E-state index in [1.165, 1.54) is 24.0 Å². The van der Waals surface area contributed by atoms with E-state index in [4.69, 9.17) is 0 Å². The van der Waals surface area contributed by atoms with Crippen LogP contribution in [0.2, 0.25) is 0 Å². The highest BCUT2D eigenvalue weighted by molar-refractivity contribution is 5.77. The molecule has 1 amide bonds. The van der Waals surface area contributed by atoms with Gasteiger partial charge in [0.05, 0.1) is 6.04 Å². The van der Waals surface area contributed by atoms with Gasteiger partial charge in [-0.3, -0.25) is 4.79 Å². The molecular formula is C21H32N2O. The zero-order chi connectivity index (χ0) is 17.3. The topological polar surface area (TPSA) is 41.1 Å². The third-order valence-corrected chi connectivity index (χ3v) is 5.72. The predicted octanol–water partition coefficient (Wildman–Crippen LogP) is 4.12. The van der Waals surface area contributed by atoms with Crippen LogP contribution in [0.15, 0.2) is 24.3 Å². The van der Waals surface area contributed by atoms with Crippen molar-refractivity contribution in [2.24, 2.45) is 11.3 Å². The summed E-state index contributed by atoms with van der Waals surface area (Å²) in [6.07, 6.45) is 5.57. The van der Waals surface area contributed by atoms with Crippen LogP contribution in [0, 0.1) is 18.3 Å². The van der Waals surface area contributed by atoms with Crippen LogP contribution in [0.5, 0.6) is 0 Å². The number of rotatable bonds is 4. The SMILES string of the molecule is Cc1ccccc1C(NC(=O)CC1CC2CCC(C1)N2)C(C)(C)C. The number of nitrogens with one attached hydrogen (secondary N) is 2. The second-order valence-electron chi connectivity index (χ2n) is 8.90. The molecule has 0 aromatic heterocycles. The Morgan fingerprint density at radius 1 is 1.21 bits per heavy atom. The van der Waals surface area contributed by atoms with E-state index in [9.17, 15) is 4.79 Å². The quantitative estimate of drug-likeness (QED) is 0.873. The van der Waals surface area contributed by atoms with E-state index in [2.05, 4.69) is 62.6 Å². The molecule has 0 saturated carbocycles. The molecule has 0 aliphatic carbocycles. The van der Waals surface area contributed by atoms with Crippen LogP contribution in [-0.2, 0) is 4.79 Å². The predicted molar refractivity (Wildman–Crippen MR) is 98.8 cm³/mol. The Balaban J connectivity index is 1.67. The molecule has 2 aliphatic heterocycles. The molecule has 2 aliphatic rings. The zero-order valence-electron chi connectivity index (χ0n) is 15.6. The number of benzene rings is 1. The molecule has 24 heavy (non-hydrogen) atoms. The van der Waals surface area contributed by atoms with Crippen molar-refractivity contribution in [1.82, 2.24) is 10.6 Å². The first-order valence-electron chi connectivity index (χ1n) is 9.44. The summed E-state index contributed by atoms with van der Waals surface area (Å²) in [6.45, 7) is 8.74. The maximum atomic E-state index is 12.8. The fraction of sp³-hybridized carbons (Fsp3) is 0.667. The standard InChI is InChI=1S/C21H32N2O/c1-14-7-5-6-8-18(14)20(21(2,3)4)23-19(24)13-15-11-16-9-10-17(12-15)22-16/h5-8,15-17,20,22H,9-13H2,1-4H3,(H,23,24). The number of hydrogen-bond acceptors (Lipinski definition) is 2. The van der Waals surface area contributed by atoms with Crippen LogP contribution in [0.25, 0.3) is 0 Å². The van der Waals surface area contributed by atoms with Crippen molar-refractivity contribution in [3.8, 4) is 0 Å². The zero-order valence-corrected chi connectivity index (χ0v) is 15.6. The summed E-state index contributed by atoms with van der Waals surface area (Å²) in [6, 6.07) is 9.77. The molecule has 3 unspecified atom stereocenters. The van der Waals surface area contributed by atoms with Crippen LogP contribution in [-0.4, -0.2) is 18.0 Å². The Bertz CT molecular complexity index is 578. The Kier molecular flexibility index (Phi) is 5.00. The number of carbonyl (C=O) groups is 1. The molecule has 3 atom stereocenters. The van der Waals surface area contributed by atoms with Crippen LogP contribution in [0.4, 0.5) is 0 Å². The van der Waals surface area contributed by atoms with Crippen LogP contribution in [0.1, 0.15) is 70.0 Å². The Labute approximate surface area is 146 Å². The smallest absolute Gasteiger partial charge is 0.220 e. The van der Waals surface area contributed by atoms with Crippen molar-refractivity contribution in [2.75, 3.05) is 0 Å². The minimum Gasteiger partial charge on any atom is -0.349 e. The van der Waals surface area contributed by atoms with Gasteiger partial charge in [-0.1, -0.05) is 45.0 Å². The third-order valence-electron chi connectivity index (χ3n) is 5.72. The average Bonchev–Trinajstić information content (AvgIpc) is 2.83. The fourth-order valence-electron chi connectivity index (χ4n) is 4.50. The van der Waals surface area contributed by atoms with Gasteiger partial charge in [-0.15, -0.1) is 0 Å². The van der Waals surface area contributed by atoms with Gasteiger partial charge in [0, 0.05) is 18.5 Å². The van der Waals surface area contributed by atoms with E-state index in [0.717, 1.165) is 12.8 Å². The van der Waals surface area contributed by atoms with Crippen molar-refractivity contribution in [2.45, 2.75) is 77.9 Å². The Morgan fingerprint density at radius 3 is 2.42 bits per heavy atom. The first-order valence-corrected chi connectivity index (χ1v) is 9.44. The summed E-state index contributed by atoms with van der Waals surface area (Å²) in [7, 11) is 0. The van der Waals surface area contributed by atoms with Gasteiger partial charge in [0.2, 0.25) is 5.91 Å². The van der Waals surface area contributed by atoms with Crippen molar-refractivity contribution >= 4 is 5.91 Å². The molecule has 1 aromatic carbocycles. The maximum Gasteiger partial charge on any atom is 0.220 e. The largest absolute Gasteiger partial charge is 0.349 e. The highest BCUT2D eigenvalue weighted by Crippen LogP contribution is 2.36. The van der Waals surface area contributed by atoms with E-state index >= 15 is 0 Å². The summed E-state index contributed by atoms with van der Waals surface area (Å²) < 4.78 is 0. The molecule has 2 fully saturated rings. The third kappa shape index (κ3) is 4.00. The van der Waals surface area contributed by atoms with Gasteiger partial charge in [0.1, 0.15) is 0 Å². The molecule has 0 spiro atoms. The first kappa shape index (κ1) is 17.5. The molecule has 2 N–H and O–H groups in total. The van der Waals surface area contributed by atoms with Gasteiger partial charge in [-0.2, -0.15) is 0 Å². The highest BCUT2D eigenvalue weighted by atomic mass is 16.1. The summed E-state index contributed by atoms with van der Waals surface area (Å²) >= 11 is 0. The second kappa shape index (κ2) is 6.87. The molecule has 3 heteroatoms. The van der Waals surface area contributed by atoms with Gasteiger partial charge in [-0.25, -0.2) is 0 Å². The Hall–Kier alpha value is -1.35. The minimum atomic E-state index is -0.00504. The first-order chi connectivity index (χ1) is 11.3. The highest BCUT2D eigenvalue weighted by Gasteiger charge is 2.35. The molecule has 2 bridgehead atoms. The molecule has 3 rings (SSSR count). The molecule has 2 saturated heterocycles. The molecule has 3 nitrogen and oxygen atoms in total. The molecule has 1 aromatic rings. The van der Waals surface area contributed by atoms with E-state index in [-0.39, 0.29) is 17.4 Å². The summed E-state index contributed by atoms with van der Waals surface area (Å²) in [5, 5.41) is 7.01. The number of aryl methyl sites for hydroxylation is 1. The minimum absolute atomic E-state index is 0.00504. The van der Waals surface area contributed by atoms with E-state index in [1.54, 1.807) is 0 Å². The molecule has 132 valence electrons. The lowest BCUT2D eigenvalue weighted by Gasteiger charge is -2.34. The van der Waals surface area contributed by atoms with Gasteiger partial charge in [-0.05, 0) is 55.1 Å². The monoisotopic (exact) mass is 328 g/mol. The fourth-order valence-corrected chi connectivity index (χ4v) is 4.50. The van der Waals surface area contributed by atoms with Crippen molar-refractivity contribution in [1.29, 1.82) is 0 Å². The van der Waals surface area contributed by atoms with E-state index in [0.29, 0.717) is 24.4 Å². The lowest BCUT2D eigenvalue weighted by atomic mass is 9.80. The number of piperidine rings is 1. The number of hydrogen-bond donors (Lipinski definition) is 2. The van der Waals surface area contributed by atoms with Crippen LogP contribution >= 0.6 is 0 Å². The summed E-state index contributed by atoms with van der Waals surface area (Å²) in [5.41, 5.74) is 2.48. The normalized spacial score (nSPS) is 27.8. The number of fused-ring (bicyclic) bond motifs is 2. The van der Waals surface area contributed by atoms with Gasteiger partial charge >= 0.3 is 0 Å². The number of amides is 1. The average molecular weight is 329 g/mol. The van der Waals surface area contributed by atoms with E-state index < -0.39 is 0 Å². The Morgan fingerprint density at radius 2 is 1.83 bits per heavy atom.